The van der Waals surface area contributed by atoms with Gasteiger partial charge in [0.25, 0.3) is 0 Å². The first-order valence-electron chi connectivity index (χ1n) is 5.68. The van der Waals surface area contributed by atoms with Crippen molar-refractivity contribution in [1.82, 2.24) is 9.88 Å². The molecule has 0 aromatic carbocycles. The summed E-state index contributed by atoms with van der Waals surface area (Å²) in [5.74, 6) is 0.136. The summed E-state index contributed by atoms with van der Waals surface area (Å²) in [5, 5.41) is 0. The fourth-order valence-electron chi connectivity index (χ4n) is 1.92. The highest BCUT2D eigenvalue weighted by molar-refractivity contribution is 9.10. The van der Waals surface area contributed by atoms with Crippen molar-refractivity contribution in [3.63, 3.8) is 0 Å². The van der Waals surface area contributed by atoms with Gasteiger partial charge in [0, 0.05) is 29.8 Å². The van der Waals surface area contributed by atoms with Crippen LogP contribution in [0.15, 0.2) is 16.7 Å². The third-order valence-corrected chi connectivity index (χ3v) is 3.00. The zero-order valence-corrected chi connectivity index (χ0v) is 12.3. The van der Waals surface area contributed by atoms with Crippen molar-refractivity contribution >= 4 is 21.7 Å². The van der Waals surface area contributed by atoms with E-state index in [1.165, 1.54) is 6.07 Å². The van der Waals surface area contributed by atoms with Crippen molar-refractivity contribution < 1.29 is 4.39 Å². The molecule has 1 atom stereocenters. The van der Waals surface area contributed by atoms with Crippen molar-refractivity contribution in [3.8, 4) is 0 Å². The first kappa shape index (κ1) is 14.4. The average molecular weight is 304 g/mol. The summed E-state index contributed by atoms with van der Waals surface area (Å²) in [6.45, 7) is 5.69. The van der Waals surface area contributed by atoms with Crippen molar-refractivity contribution in [1.29, 1.82) is 0 Å². The second-order valence-corrected chi connectivity index (χ2v) is 5.27. The van der Waals surface area contributed by atoms with Crippen LogP contribution in [0.3, 0.4) is 0 Å². The van der Waals surface area contributed by atoms with Crippen molar-refractivity contribution in [3.05, 3.63) is 22.6 Å². The van der Waals surface area contributed by atoms with E-state index in [0.717, 1.165) is 13.1 Å². The zero-order valence-electron chi connectivity index (χ0n) is 10.7. The summed E-state index contributed by atoms with van der Waals surface area (Å²) in [4.78, 5) is 8.22. The third kappa shape index (κ3) is 3.92. The van der Waals surface area contributed by atoms with Gasteiger partial charge in [-0.05, 0) is 49.9 Å². The van der Waals surface area contributed by atoms with Crippen molar-refractivity contribution in [2.75, 3.05) is 32.1 Å². The minimum absolute atomic E-state index is 0.221. The van der Waals surface area contributed by atoms with Gasteiger partial charge in [0.05, 0.1) is 0 Å². The molecule has 0 fully saturated rings. The van der Waals surface area contributed by atoms with Gasteiger partial charge in [-0.1, -0.05) is 0 Å². The number of hydrogen-bond acceptors (Lipinski definition) is 3. The van der Waals surface area contributed by atoms with Gasteiger partial charge in [-0.25, -0.2) is 9.37 Å². The van der Waals surface area contributed by atoms with E-state index in [9.17, 15) is 4.39 Å². The second-order valence-electron chi connectivity index (χ2n) is 4.36. The normalized spacial score (nSPS) is 12.9. The Morgan fingerprint density at radius 2 is 2.12 bits per heavy atom. The summed E-state index contributed by atoms with van der Waals surface area (Å²) in [6, 6.07) is 1.67. The lowest BCUT2D eigenvalue weighted by molar-refractivity contribution is 0.370. The number of nitrogens with zero attached hydrogens (tertiary/aromatic N) is 3. The Hall–Kier alpha value is -0.680. The minimum Gasteiger partial charge on any atom is -0.350 e. The first-order chi connectivity index (χ1) is 7.95. The molecule has 1 rings (SSSR count). The molecule has 0 aliphatic heterocycles. The minimum atomic E-state index is -0.285. The summed E-state index contributed by atoms with van der Waals surface area (Å²) < 4.78 is 14.5. The van der Waals surface area contributed by atoms with E-state index in [1.54, 1.807) is 6.20 Å². The lowest BCUT2D eigenvalue weighted by atomic mass is 10.2. The van der Waals surface area contributed by atoms with Gasteiger partial charge in [-0.15, -0.1) is 0 Å². The van der Waals surface area contributed by atoms with E-state index in [0.29, 0.717) is 10.3 Å². The van der Waals surface area contributed by atoms with Crippen LogP contribution in [0.25, 0.3) is 0 Å². The molecule has 1 heterocycles. The maximum atomic E-state index is 13.8. The Kier molecular flexibility index (Phi) is 5.33. The van der Waals surface area contributed by atoms with E-state index in [1.807, 2.05) is 25.9 Å². The van der Waals surface area contributed by atoms with Crippen LogP contribution in [0.2, 0.25) is 0 Å². The predicted molar refractivity (Wildman–Crippen MR) is 72.9 cm³/mol. The highest BCUT2D eigenvalue weighted by Gasteiger charge is 2.18. The summed E-state index contributed by atoms with van der Waals surface area (Å²) >= 11 is 3.22. The van der Waals surface area contributed by atoms with Gasteiger partial charge in [-0.3, -0.25) is 0 Å². The highest BCUT2D eigenvalue weighted by Crippen LogP contribution is 2.21. The number of likely N-dealkylation sites (N-methyl/N-ethyl adjacent to an activating group) is 2. The van der Waals surface area contributed by atoms with Crippen LogP contribution in [0.5, 0.6) is 0 Å². The largest absolute Gasteiger partial charge is 0.350 e. The molecule has 0 saturated carbocycles. The van der Waals surface area contributed by atoms with Crippen LogP contribution >= 0.6 is 15.9 Å². The molecular weight excluding hydrogens is 285 g/mol. The lowest BCUT2D eigenvalue weighted by Crippen LogP contribution is -2.41. The number of anilines is 1. The molecule has 1 aromatic heterocycles. The number of aromatic nitrogens is 1. The van der Waals surface area contributed by atoms with Gasteiger partial charge < -0.3 is 9.80 Å². The van der Waals surface area contributed by atoms with E-state index in [-0.39, 0.29) is 11.9 Å². The van der Waals surface area contributed by atoms with Crippen LogP contribution < -0.4 is 4.90 Å². The molecule has 5 heteroatoms. The molecule has 1 aromatic rings. The van der Waals surface area contributed by atoms with Gasteiger partial charge in [0.15, 0.2) is 11.6 Å². The Bertz CT molecular complexity index is 371. The lowest BCUT2D eigenvalue weighted by Gasteiger charge is -2.31. The van der Waals surface area contributed by atoms with Crippen LogP contribution in [0.4, 0.5) is 10.2 Å². The molecule has 1 unspecified atom stereocenters. The van der Waals surface area contributed by atoms with Gasteiger partial charge in [-0.2, -0.15) is 0 Å². The SMILES string of the molecule is CCN(c1ncc(Br)cc1F)C(C)CN(C)C. The highest BCUT2D eigenvalue weighted by atomic mass is 79.9. The van der Waals surface area contributed by atoms with Gasteiger partial charge in [0.1, 0.15) is 0 Å². The smallest absolute Gasteiger partial charge is 0.166 e. The quantitative estimate of drug-likeness (QED) is 0.834. The molecule has 0 saturated heterocycles. The summed E-state index contributed by atoms with van der Waals surface area (Å²) in [7, 11) is 4.02. The summed E-state index contributed by atoms with van der Waals surface area (Å²) in [6.07, 6.45) is 1.63. The van der Waals surface area contributed by atoms with Crippen LogP contribution in [0, 0.1) is 5.82 Å². The van der Waals surface area contributed by atoms with Crippen molar-refractivity contribution in [2.45, 2.75) is 19.9 Å². The van der Waals surface area contributed by atoms with Gasteiger partial charge >= 0.3 is 0 Å². The number of halogens is 2. The molecule has 0 aliphatic carbocycles. The third-order valence-electron chi connectivity index (χ3n) is 2.56. The monoisotopic (exact) mass is 303 g/mol. The maximum Gasteiger partial charge on any atom is 0.166 e. The molecule has 3 nitrogen and oxygen atoms in total. The van der Waals surface area contributed by atoms with Crippen LogP contribution in [-0.2, 0) is 0 Å². The fraction of sp³-hybridized carbons (Fsp3) is 0.583. The molecular formula is C12H19BrFN3. The predicted octanol–water partition coefficient (Wildman–Crippen LogP) is 2.76. The van der Waals surface area contributed by atoms with Crippen molar-refractivity contribution in [2.24, 2.45) is 0 Å². The van der Waals surface area contributed by atoms with Crippen LogP contribution in [0.1, 0.15) is 13.8 Å². The molecule has 96 valence electrons. The Labute approximate surface area is 111 Å². The first-order valence-corrected chi connectivity index (χ1v) is 6.47. The van der Waals surface area contributed by atoms with Crippen LogP contribution in [-0.4, -0.2) is 43.1 Å². The maximum absolute atomic E-state index is 13.8. The number of rotatable bonds is 5. The topological polar surface area (TPSA) is 19.4 Å². The Balaban J connectivity index is 2.93. The molecule has 0 N–H and O–H groups in total. The summed E-state index contributed by atoms with van der Waals surface area (Å²) in [5.41, 5.74) is 0. The zero-order chi connectivity index (χ0) is 13.0. The fourth-order valence-corrected chi connectivity index (χ4v) is 2.22. The van der Waals surface area contributed by atoms with E-state index < -0.39 is 0 Å². The second kappa shape index (κ2) is 6.31. The molecule has 0 aliphatic rings. The number of pyridine rings is 1. The molecule has 0 spiro atoms. The standard InChI is InChI=1S/C12H19BrFN3/c1-5-17(9(2)8-16(3)4)12-11(14)6-10(13)7-15-12/h6-7,9H,5,8H2,1-4H3. The average Bonchev–Trinajstić information content (AvgIpc) is 2.21. The van der Waals surface area contributed by atoms with Gasteiger partial charge in [0.2, 0.25) is 0 Å². The molecule has 0 bridgehead atoms. The Morgan fingerprint density at radius 1 is 1.47 bits per heavy atom. The molecule has 0 amide bonds. The Morgan fingerprint density at radius 3 is 2.59 bits per heavy atom. The van der Waals surface area contributed by atoms with E-state index in [2.05, 4.69) is 32.7 Å². The van der Waals surface area contributed by atoms with E-state index in [4.69, 9.17) is 0 Å². The number of hydrogen-bond donors (Lipinski definition) is 0. The molecule has 0 radical (unpaired) electrons. The van der Waals surface area contributed by atoms with E-state index >= 15 is 0 Å². The molecule has 17 heavy (non-hydrogen) atoms.